The number of hydroxylamine groups is 2. The van der Waals surface area contributed by atoms with E-state index in [-0.39, 0.29) is 24.8 Å². The number of hydrogen-bond acceptors (Lipinski definition) is 4. The van der Waals surface area contributed by atoms with E-state index in [0.717, 1.165) is 31.4 Å². The normalized spacial score (nSPS) is 10.7. The molecule has 0 unspecified atom stereocenters. The van der Waals surface area contributed by atoms with Crippen molar-refractivity contribution in [1.29, 1.82) is 0 Å². The van der Waals surface area contributed by atoms with Crippen molar-refractivity contribution in [2.24, 2.45) is 0 Å². The third-order valence-electron chi connectivity index (χ3n) is 3.82. The molecular formula is C19H31N3O3. The highest BCUT2D eigenvalue weighted by atomic mass is 16.7. The highest BCUT2D eigenvalue weighted by Crippen LogP contribution is 2.08. The third kappa shape index (κ3) is 9.84. The maximum atomic E-state index is 12.4. The number of rotatable bonds is 12. The Balaban J connectivity index is 2.45. The summed E-state index contributed by atoms with van der Waals surface area (Å²) < 4.78 is 0. The largest absolute Gasteiger partial charge is 0.359 e. The van der Waals surface area contributed by atoms with Gasteiger partial charge in [-0.2, -0.15) is 0 Å². The summed E-state index contributed by atoms with van der Waals surface area (Å²) in [5.41, 5.74) is 0.992. The van der Waals surface area contributed by atoms with Crippen molar-refractivity contribution < 1.29 is 14.4 Å². The van der Waals surface area contributed by atoms with Gasteiger partial charge in [0, 0.05) is 19.9 Å². The van der Waals surface area contributed by atoms with Crippen LogP contribution in [0.1, 0.15) is 37.7 Å². The van der Waals surface area contributed by atoms with E-state index < -0.39 is 0 Å². The number of hydrogen-bond donors (Lipinski definition) is 1. The first kappa shape index (κ1) is 21.1. The molecule has 0 saturated heterocycles. The molecule has 0 aliphatic carbocycles. The van der Waals surface area contributed by atoms with Gasteiger partial charge in [0.2, 0.25) is 11.8 Å². The molecule has 2 amide bonds. The Labute approximate surface area is 151 Å². The summed E-state index contributed by atoms with van der Waals surface area (Å²) in [5.74, 6) is -0.170. The average molecular weight is 349 g/mol. The molecule has 0 spiro atoms. The Morgan fingerprint density at radius 1 is 1.00 bits per heavy atom. The molecule has 25 heavy (non-hydrogen) atoms. The van der Waals surface area contributed by atoms with Gasteiger partial charge >= 0.3 is 0 Å². The third-order valence-corrected chi connectivity index (χ3v) is 3.82. The fraction of sp³-hybridized carbons (Fsp3) is 0.579. The van der Waals surface area contributed by atoms with Crippen LogP contribution in [0.3, 0.4) is 0 Å². The summed E-state index contributed by atoms with van der Waals surface area (Å²) in [6, 6.07) is 9.69. The lowest BCUT2D eigenvalue weighted by Gasteiger charge is -2.22. The summed E-state index contributed by atoms with van der Waals surface area (Å²) >= 11 is 0. The predicted octanol–water partition coefficient (Wildman–Crippen LogP) is 2.20. The summed E-state index contributed by atoms with van der Waals surface area (Å²) in [4.78, 5) is 31.7. The van der Waals surface area contributed by atoms with Crippen LogP contribution in [-0.2, 0) is 21.0 Å². The van der Waals surface area contributed by atoms with Crippen molar-refractivity contribution in [2.45, 2.75) is 38.7 Å². The zero-order chi connectivity index (χ0) is 18.5. The number of nitrogens with zero attached hydrogens (tertiary/aromatic N) is 2. The summed E-state index contributed by atoms with van der Waals surface area (Å²) in [7, 11) is 5.68. The quantitative estimate of drug-likeness (QED) is 0.464. The standard InChI is InChI=1S/C19H31N3O3/c1-20-18(23)13-15-22(25-16-17-10-6-4-7-11-17)19(24)12-8-5-9-14-21(2)3/h4,6-7,10-11H,5,8-9,12-16H2,1-3H3,(H,20,23). The molecule has 0 aliphatic rings. The summed E-state index contributed by atoms with van der Waals surface area (Å²) in [6.07, 6.45) is 3.58. The topological polar surface area (TPSA) is 61.9 Å². The van der Waals surface area contributed by atoms with Crippen molar-refractivity contribution >= 4 is 11.8 Å². The zero-order valence-electron chi connectivity index (χ0n) is 15.7. The minimum atomic E-state index is -0.105. The van der Waals surface area contributed by atoms with Crippen LogP contribution in [0.2, 0.25) is 0 Å². The number of amides is 2. The molecule has 1 N–H and O–H groups in total. The first-order valence-corrected chi connectivity index (χ1v) is 8.85. The molecule has 1 aromatic rings. The van der Waals surface area contributed by atoms with Gasteiger partial charge in [0.15, 0.2) is 0 Å². The number of benzene rings is 1. The highest BCUT2D eigenvalue weighted by Gasteiger charge is 2.15. The molecule has 0 bridgehead atoms. The molecule has 0 atom stereocenters. The Hall–Kier alpha value is -1.92. The van der Waals surface area contributed by atoms with Crippen LogP contribution < -0.4 is 5.32 Å². The number of nitrogens with one attached hydrogen (secondary N) is 1. The fourth-order valence-electron chi connectivity index (χ4n) is 2.32. The maximum absolute atomic E-state index is 12.4. The number of carbonyl (C=O) groups excluding carboxylic acids is 2. The number of carbonyl (C=O) groups is 2. The molecule has 0 aliphatic heterocycles. The second-order valence-corrected chi connectivity index (χ2v) is 6.29. The van der Waals surface area contributed by atoms with Crippen LogP contribution in [0.4, 0.5) is 0 Å². The summed E-state index contributed by atoms with van der Waals surface area (Å²) in [6.45, 7) is 1.61. The minimum absolute atomic E-state index is 0.0651. The Bertz CT molecular complexity index is 506. The second kappa shape index (κ2) is 12.4. The first-order chi connectivity index (χ1) is 12.0. The molecule has 0 saturated carbocycles. The van der Waals surface area contributed by atoms with Gasteiger partial charge in [-0.05, 0) is 39.0 Å². The van der Waals surface area contributed by atoms with Crippen LogP contribution in [0, 0.1) is 0 Å². The molecule has 6 nitrogen and oxygen atoms in total. The maximum Gasteiger partial charge on any atom is 0.246 e. The van der Waals surface area contributed by atoms with Crippen LogP contribution >= 0.6 is 0 Å². The number of unbranched alkanes of at least 4 members (excludes halogenated alkanes) is 2. The first-order valence-electron chi connectivity index (χ1n) is 8.85. The Kier molecular flexibility index (Phi) is 10.5. The van der Waals surface area contributed by atoms with Gasteiger partial charge in [-0.15, -0.1) is 0 Å². The van der Waals surface area contributed by atoms with E-state index in [0.29, 0.717) is 13.0 Å². The van der Waals surface area contributed by atoms with E-state index >= 15 is 0 Å². The van der Waals surface area contributed by atoms with Crippen molar-refractivity contribution in [3.05, 3.63) is 35.9 Å². The van der Waals surface area contributed by atoms with Crippen molar-refractivity contribution in [3.63, 3.8) is 0 Å². The SMILES string of the molecule is CNC(=O)CCN(OCc1ccccc1)C(=O)CCCCCN(C)C. The van der Waals surface area contributed by atoms with Gasteiger partial charge in [0.05, 0.1) is 6.54 Å². The van der Waals surface area contributed by atoms with Crippen molar-refractivity contribution in [2.75, 3.05) is 34.2 Å². The average Bonchev–Trinajstić information content (AvgIpc) is 2.61. The molecule has 6 heteroatoms. The van der Waals surface area contributed by atoms with Crippen molar-refractivity contribution in [1.82, 2.24) is 15.3 Å². The molecule has 0 radical (unpaired) electrons. The van der Waals surface area contributed by atoms with Crippen LogP contribution in [0.5, 0.6) is 0 Å². The Morgan fingerprint density at radius 2 is 1.72 bits per heavy atom. The lowest BCUT2D eigenvalue weighted by molar-refractivity contribution is -0.192. The van der Waals surface area contributed by atoms with Gasteiger partial charge in [0.25, 0.3) is 0 Å². The van der Waals surface area contributed by atoms with Crippen molar-refractivity contribution in [3.8, 4) is 0 Å². The van der Waals surface area contributed by atoms with E-state index in [2.05, 4.69) is 10.2 Å². The molecule has 1 rings (SSSR count). The predicted molar refractivity (Wildman–Crippen MR) is 98.6 cm³/mol. The monoisotopic (exact) mass is 349 g/mol. The summed E-state index contributed by atoms with van der Waals surface area (Å²) in [5, 5.41) is 3.91. The van der Waals surface area contributed by atoms with E-state index in [1.165, 1.54) is 5.06 Å². The van der Waals surface area contributed by atoms with Crippen LogP contribution in [0.25, 0.3) is 0 Å². The van der Waals surface area contributed by atoms with E-state index in [1.807, 2.05) is 44.4 Å². The van der Waals surface area contributed by atoms with Gasteiger partial charge in [0.1, 0.15) is 6.61 Å². The second-order valence-electron chi connectivity index (χ2n) is 6.29. The van der Waals surface area contributed by atoms with Gasteiger partial charge in [-0.1, -0.05) is 36.8 Å². The van der Waals surface area contributed by atoms with Crippen LogP contribution in [-0.4, -0.2) is 56.0 Å². The minimum Gasteiger partial charge on any atom is -0.359 e. The van der Waals surface area contributed by atoms with Crippen LogP contribution in [0.15, 0.2) is 30.3 Å². The lowest BCUT2D eigenvalue weighted by atomic mass is 10.2. The Morgan fingerprint density at radius 3 is 2.36 bits per heavy atom. The fourth-order valence-corrected chi connectivity index (χ4v) is 2.32. The van der Waals surface area contributed by atoms with E-state index in [9.17, 15) is 9.59 Å². The molecule has 1 aromatic carbocycles. The molecule has 0 fully saturated rings. The molecule has 0 aromatic heterocycles. The van der Waals surface area contributed by atoms with Gasteiger partial charge in [-0.25, -0.2) is 5.06 Å². The zero-order valence-corrected chi connectivity index (χ0v) is 15.7. The lowest BCUT2D eigenvalue weighted by Crippen LogP contribution is -2.34. The molecule has 140 valence electrons. The van der Waals surface area contributed by atoms with E-state index in [1.54, 1.807) is 7.05 Å². The highest BCUT2D eigenvalue weighted by molar-refractivity contribution is 5.78. The van der Waals surface area contributed by atoms with Gasteiger partial charge in [-0.3, -0.25) is 14.4 Å². The van der Waals surface area contributed by atoms with E-state index in [4.69, 9.17) is 4.84 Å². The smallest absolute Gasteiger partial charge is 0.246 e. The molecular weight excluding hydrogens is 318 g/mol. The molecule has 0 heterocycles. The van der Waals surface area contributed by atoms with Gasteiger partial charge < -0.3 is 10.2 Å².